The maximum absolute atomic E-state index is 14.1. The summed E-state index contributed by atoms with van der Waals surface area (Å²) >= 11 is 0. The second kappa shape index (κ2) is 9.12. The Balaban J connectivity index is 1.44. The molecule has 3 aromatic rings. The number of carboxylic acids is 1. The number of carbonyl (C=O) groups excluding carboxylic acids is 2. The highest BCUT2D eigenvalue weighted by Crippen LogP contribution is 2.44. The Morgan fingerprint density at radius 1 is 1.00 bits per heavy atom. The second-order valence-electron chi connectivity index (χ2n) is 7.68. The third kappa shape index (κ3) is 4.55. The van der Waals surface area contributed by atoms with Crippen molar-refractivity contribution in [1.82, 2.24) is 5.32 Å². The van der Waals surface area contributed by atoms with Crippen LogP contribution in [0.25, 0.3) is 11.1 Å². The van der Waals surface area contributed by atoms with Gasteiger partial charge in [0.1, 0.15) is 18.5 Å². The molecule has 1 atom stereocenters. The highest BCUT2D eigenvalue weighted by molar-refractivity contribution is 5.98. The van der Waals surface area contributed by atoms with Crippen LogP contribution in [0.3, 0.4) is 0 Å². The summed E-state index contributed by atoms with van der Waals surface area (Å²) in [5.74, 6) is -3.12. The summed E-state index contributed by atoms with van der Waals surface area (Å²) in [7, 11) is 0. The zero-order chi connectivity index (χ0) is 23.5. The number of carboxylic acid groups (broad SMARTS) is 1. The molecule has 168 valence electrons. The molecular weight excluding hydrogens is 427 g/mol. The molecule has 0 bridgehead atoms. The van der Waals surface area contributed by atoms with Crippen molar-refractivity contribution in [3.8, 4) is 11.1 Å². The van der Waals surface area contributed by atoms with Crippen molar-refractivity contribution < 1.29 is 28.6 Å². The molecule has 0 unspecified atom stereocenters. The number of anilines is 1. The van der Waals surface area contributed by atoms with Crippen LogP contribution in [-0.4, -0.2) is 35.7 Å². The van der Waals surface area contributed by atoms with Crippen LogP contribution < -0.4 is 10.6 Å². The summed E-state index contributed by atoms with van der Waals surface area (Å²) in [5, 5.41) is 13.6. The van der Waals surface area contributed by atoms with Crippen LogP contribution in [0.5, 0.6) is 0 Å². The van der Waals surface area contributed by atoms with Gasteiger partial charge in [0, 0.05) is 11.6 Å². The fourth-order valence-electron chi connectivity index (χ4n) is 3.87. The summed E-state index contributed by atoms with van der Waals surface area (Å²) in [6.45, 7) is 1.36. The van der Waals surface area contributed by atoms with E-state index in [0.717, 1.165) is 34.4 Å². The summed E-state index contributed by atoms with van der Waals surface area (Å²) in [6, 6.07) is 18.1. The van der Waals surface area contributed by atoms with Crippen LogP contribution in [0.4, 0.5) is 14.9 Å². The molecule has 0 aromatic heterocycles. The molecule has 2 amide bonds. The third-order valence-electron chi connectivity index (χ3n) is 5.52. The molecule has 0 saturated carbocycles. The molecule has 33 heavy (non-hydrogen) atoms. The van der Waals surface area contributed by atoms with Crippen LogP contribution >= 0.6 is 0 Å². The normalized spacial score (nSPS) is 12.9. The number of nitrogens with one attached hydrogen (secondary N) is 2. The van der Waals surface area contributed by atoms with E-state index in [1.165, 1.54) is 13.0 Å². The molecule has 3 N–H and O–H groups in total. The van der Waals surface area contributed by atoms with Crippen molar-refractivity contribution in [3.05, 3.63) is 89.2 Å². The zero-order valence-electron chi connectivity index (χ0n) is 17.7. The van der Waals surface area contributed by atoms with Crippen LogP contribution in [0.15, 0.2) is 66.7 Å². The highest BCUT2D eigenvalue weighted by Gasteiger charge is 2.29. The largest absolute Gasteiger partial charge is 0.480 e. The highest BCUT2D eigenvalue weighted by atomic mass is 19.1. The van der Waals surface area contributed by atoms with Crippen molar-refractivity contribution in [2.75, 3.05) is 11.9 Å². The lowest BCUT2D eigenvalue weighted by Gasteiger charge is -2.15. The molecule has 1 aliphatic carbocycles. The molecule has 0 saturated heterocycles. The lowest BCUT2D eigenvalue weighted by molar-refractivity contribution is -0.138. The van der Waals surface area contributed by atoms with Crippen molar-refractivity contribution in [3.63, 3.8) is 0 Å². The fourth-order valence-corrected chi connectivity index (χ4v) is 3.87. The first kappa shape index (κ1) is 22.0. The summed E-state index contributed by atoms with van der Waals surface area (Å²) in [4.78, 5) is 35.5. The second-order valence-corrected chi connectivity index (χ2v) is 7.68. The van der Waals surface area contributed by atoms with Gasteiger partial charge in [-0.1, -0.05) is 48.5 Å². The van der Waals surface area contributed by atoms with Crippen molar-refractivity contribution >= 4 is 23.7 Å². The molecule has 0 heterocycles. The van der Waals surface area contributed by atoms with Gasteiger partial charge in [0.15, 0.2) is 0 Å². The molecule has 8 heteroatoms. The predicted octanol–water partition coefficient (Wildman–Crippen LogP) is 4.39. The van der Waals surface area contributed by atoms with Crippen molar-refractivity contribution in [2.24, 2.45) is 0 Å². The quantitative estimate of drug-likeness (QED) is 0.519. The van der Waals surface area contributed by atoms with Crippen molar-refractivity contribution in [1.29, 1.82) is 0 Å². The van der Waals surface area contributed by atoms with Crippen LogP contribution in [-0.2, 0) is 9.53 Å². The average Bonchev–Trinajstić information content (AvgIpc) is 3.12. The SMILES string of the molecule is C[C@@H](NC(=O)c1cc(NC(=O)OCC2c3ccccc3-c3ccccc32)ccc1F)C(=O)O. The molecule has 0 spiro atoms. The first-order chi connectivity index (χ1) is 15.8. The smallest absolute Gasteiger partial charge is 0.411 e. The van der Waals surface area contributed by atoms with Crippen molar-refractivity contribution in [2.45, 2.75) is 18.9 Å². The fraction of sp³-hybridized carbons (Fsp3) is 0.160. The number of amides is 2. The molecule has 0 radical (unpaired) electrons. The standard InChI is InChI=1S/C25H21FN2O5/c1-14(24(30)31)27-23(29)20-12-15(10-11-22(20)26)28-25(32)33-13-21-18-8-4-2-6-16(18)17-7-3-5-9-19(17)21/h2-12,14,21H,13H2,1H3,(H,27,29)(H,28,32)(H,30,31)/t14-/m1/s1. The summed E-state index contributed by atoms with van der Waals surface area (Å²) in [5.41, 5.74) is 4.10. The molecular formula is C25H21FN2O5. The third-order valence-corrected chi connectivity index (χ3v) is 5.52. The molecule has 1 aliphatic rings. The number of fused-ring (bicyclic) bond motifs is 3. The minimum Gasteiger partial charge on any atom is -0.480 e. The van der Waals surface area contributed by atoms with Crippen LogP contribution in [0, 0.1) is 5.82 Å². The molecule has 0 fully saturated rings. The minimum atomic E-state index is -1.25. The number of benzene rings is 3. The van der Waals surface area contributed by atoms with E-state index in [1.807, 2.05) is 48.5 Å². The van der Waals surface area contributed by atoms with E-state index in [2.05, 4.69) is 10.6 Å². The number of aliphatic carboxylic acids is 1. The van der Waals surface area contributed by atoms with Gasteiger partial charge in [0.2, 0.25) is 0 Å². The number of carbonyl (C=O) groups is 3. The number of hydrogen-bond donors (Lipinski definition) is 3. The molecule has 0 aliphatic heterocycles. The van der Waals surface area contributed by atoms with E-state index in [-0.39, 0.29) is 23.8 Å². The number of hydrogen-bond acceptors (Lipinski definition) is 4. The Labute approximate surface area is 189 Å². The van der Waals surface area contributed by atoms with E-state index < -0.39 is 29.8 Å². The number of ether oxygens (including phenoxy) is 1. The monoisotopic (exact) mass is 448 g/mol. The Morgan fingerprint density at radius 3 is 2.21 bits per heavy atom. The van der Waals surface area contributed by atoms with E-state index >= 15 is 0 Å². The first-order valence-electron chi connectivity index (χ1n) is 10.3. The topological polar surface area (TPSA) is 105 Å². The van der Waals surface area contributed by atoms with Crippen LogP contribution in [0.1, 0.15) is 34.3 Å². The van der Waals surface area contributed by atoms with Gasteiger partial charge in [-0.15, -0.1) is 0 Å². The summed E-state index contributed by atoms with van der Waals surface area (Å²) < 4.78 is 19.5. The predicted molar refractivity (Wildman–Crippen MR) is 120 cm³/mol. The Kier molecular flexibility index (Phi) is 6.08. The molecule has 3 aromatic carbocycles. The maximum Gasteiger partial charge on any atom is 0.411 e. The Hall–Kier alpha value is -4.20. The van der Waals surface area contributed by atoms with Gasteiger partial charge in [-0.2, -0.15) is 0 Å². The number of halogens is 1. The average molecular weight is 448 g/mol. The van der Waals surface area contributed by atoms with Gasteiger partial charge < -0.3 is 15.2 Å². The first-order valence-corrected chi connectivity index (χ1v) is 10.3. The van der Waals surface area contributed by atoms with Gasteiger partial charge in [0.05, 0.1) is 5.56 Å². The van der Waals surface area contributed by atoms with Gasteiger partial charge >= 0.3 is 12.1 Å². The molecule has 7 nitrogen and oxygen atoms in total. The lowest BCUT2D eigenvalue weighted by atomic mass is 9.98. The van der Waals surface area contributed by atoms with Crippen LogP contribution in [0.2, 0.25) is 0 Å². The van der Waals surface area contributed by atoms with Gasteiger partial charge in [-0.3, -0.25) is 14.9 Å². The Morgan fingerprint density at radius 2 is 1.61 bits per heavy atom. The molecule has 4 rings (SSSR count). The van der Waals surface area contributed by atoms with Gasteiger partial charge in [0.25, 0.3) is 5.91 Å². The van der Waals surface area contributed by atoms with E-state index in [9.17, 15) is 18.8 Å². The van der Waals surface area contributed by atoms with Gasteiger partial charge in [-0.05, 0) is 47.4 Å². The van der Waals surface area contributed by atoms with E-state index in [0.29, 0.717) is 0 Å². The van der Waals surface area contributed by atoms with Gasteiger partial charge in [-0.25, -0.2) is 9.18 Å². The van der Waals surface area contributed by atoms with E-state index in [4.69, 9.17) is 9.84 Å². The lowest BCUT2D eigenvalue weighted by Crippen LogP contribution is -2.38. The summed E-state index contributed by atoms with van der Waals surface area (Å²) in [6.07, 6.45) is -0.756. The Bertz CT molecular complexity index is 1200. The van der Waals surface area contributed by atoms with E-state index in [1.54, 1.807) is 0 Å². The minimum absolute atomic E-state index is 0.102. The zero-order valence-corrected chi connectivity index (χ0v) is 17.7. The number of rotatable bonds is 6. The maximum atomic E-state index is 14.1.